The van der Waals surface area contributed by atoms with Crippen LogP contribution in [0.1, 0.15) is 194 Å². The second kappa shape index (κ2) is 33.3. The number of carbonyl (C=O) groups excluding carboxylic acids is 2. The van der Waals surface area contributed by atoms with Gasteiger partial charge in [-0.2, -0.15) is 0 Å². The summed E-state index contributed by atoms with van der Waals surface area (Å²) in [5.41, 5.74) is 0. The van der Waals surface area contributed by atoms with Gasteiger partial charge in [-0.3, -0.25) is 9.59 Å². The van der Waals surface area contributed by atoms with Gasteiger partial charge in [0, 0.05) is 12.8 Å². The maximum atomic E-state index is 12.6. The van der Waals surface area contributed by atoms with Gasteiger partial charge in [0.05, 0.1) is 13.2 Å². The second-order valence-corrected chi connectivity index (χ2v) is 14.8. The van der Waals surface area contributed by atoms with Gasteiger partial charge >= 0.3 is 11.9 Å². The fourth-order valence-electron chi connectivity index (χ4n) is 6.60. The van der Waals surface area contributed by atoms with Crippen LogP contribution in [0.15, 0.2) is 0 Å². The average molecular weight is 731 g/mol. The van der Waals surface area contributed by atoms with Gasteiger partial charge in [-0.25, -0.2) is 0 Å². The molecule has 0 aromatic heterocycles. The predicted octanol–water partition coefficient (Wildman–Crippen LogP) is 8.22. The molecule has 6 atom stereocenters. The molecule has 1 rings (SSSR count). The summed E-state index contributed by atoms with van der Waals surface area (Å²) in [5.74, 6) is -0.800. The zero-order chi connectivity index (χ0) is 37.4. The van der Waals surface area contributed by atoms with Gasteiger partial charge in [0.15, 0.2) is 12.4 Å². The van der Waals surface area contributed by atoms with Crippen LogP contribution < -0.4 is 0 Å². The Morgan fingerprint density at radius 1 is 0.529 bits per heavy atom. The van der Waals surface area contributed by atoms with Crippen molar-refractivity contribution in [3.05, 3.63) is 0 Å². The van der Waals surface area contributed by atoms with E-state index in [1.807, 2.05) is 0 Å². The van der Waals surface area contributed by atoms with Crippen LogP contribution in [0.5, 0.6) is 0 Å². The molecule has 1 aliphatic rings. The van der Waals surface area contributed by atoms with Crippen LogP contribution in [0, 0.1) is 0 Å². The van der Waals surface area contributed by atoms with Crippen molar-refractivity contribution in [2.45, 2.75) is 230 Å². The molecule has 10 nitrogen and oxygen atoms in total. The third kappa shape index (κ3) is 25.4. The number of carbonyl (C=O) groups is 2. The molecule has 51 heavy (non-hydrogen) atoms. The number of aliphatic hydroxyl groups is 4. The van der Waals surface area contributed by atoms with Crippen LogP contribution in [-0.2, 0) is 28.5 Å². The standard InChI is InChI=1S/C41H78O10/c1-3-5-7-9-11-13-14-15-16-17-18-19-20-21-22-24-25-27-29-36(43)48-32-34(50-37(44)30-28-26-23-12-10-8-6-4-2)33-49-41-40(47)39(46)38(45)35(31-42)51-41/h34-35,38-42,45-47H,3-33H2,1-2H3/t34-,35-,38+,39?,40?,41-/m0/s1. The summed E-state index contributed by atoms with van der Waals surface area (Å²) in [6.45, 7) is 3.40. The normalized spacial score (nSPS) is 21.1. The monoisotopic (exact) mass is 731 g/mol. The van der Waals surface area contributed by atoms with Crippen molar-refractivity contribution in [2.24, 2.45) is 0 Å². The summed E-state index contributed by atoms with van der Waals surface area (Å²) in [4.78, 5) is 25.1. The fourth-order valence-corrected chi connectivity index (χ4v) is 6.60. The van der Waals surface area contributed by atoms with Gasteiger partial charge in [0.25, 0.3) is 0 Å². The molecule has 0 amide bonds. The number of esters is 2. The number of aliphatic hydroxyl groups excluding tert-OH is 4. The quantitative estimate of drug-likeness (QED) is 0.0371. The van der Waals surface area contributed by atoms with Crippen LogP contribution in [0.25, 0.3) is 0 Å². The average Bonchev–Trinajstić information content (AvgIpc) is 3.13. The lowest BCUT2D eigenvalue weighted by Crippen LogP contribution is -2.59. The molecule has 10 heteroatoms. The molecule has 1 heterocycles. The van der Waals surface area contributed by atoms with Gasteiger partial charge in [0.1, 0.15) is 31.0 Å². The van der Waals surface area contributed by atoms with Crippen molar-refractivity contribution in [3.8, 4) is 0 Å². The SMILES string of the molecule is CCCCCCCCCCCCCCCCCCCCC(=O)OC[C@@H](CO[C@H]1O[C@@H](CO)[C@@H](O)C(O)C1O)OC(=O)CCCCCCCCCC. The van der Waals surface area contributed by atoms with Crippen LogP contribution >= 0.6 is 0 Å². The van der Waals surface area contributed by atoms with E-state index >= 15 is 0 Å². The third-order valence-corrected chi connectivity index (χ3v) is 9.99. The Bertz CT molecular complexity index is 809. The minimum Gasteiger partial charge on any atom is -0.462 e. The molecule has 0 bridgehead atoms. The van der Waals surface area contributed by atoms with E-state index in [0.717, 1.165) is 38.5 Å². The lowest BCUT2D eigenvalue weighted by atomic mass is 9.99. The highest BCUT2D eigenvalue weighted by Gasteiger charge is 2.44. The number of ether oxygens (including phenoxy) is 4. The number of hydrogen-bond donors (Lipinski definition) is 4. The first-order valence-electron chi connectivity index (χ1n) is 21.1. The molecule has 302 valence electrons. The van der Waals surface area contributed by atoms with Crippen LogP contribution in [0.3, 0.4) is 0 Å². The van der Waals surface area contributed by atoms with Crippen molar-refractivity contribution in [2.75, 3.05) is 19.8 Å². The maximum Gasteiger partial charge on any atom is 0.306 e. The molecule has 2 unspecified atom stereocenters. The van der Waals surface area contributed by atoms with E-state index in [1.54, 1.807) is 0 Å². The highest BCUT2D eigenvalue weighted by molar-refractivity contribution is 5.70. The van der Waals surface area contributed by atoms with Gasteiger partial charge < -0.3 is 39.4 Å². The van der Waals surface area contributed by atoms with E-state index in [-0.39, 0.29) is 32.0 Å². The fraction of sp³-hybridized carbons (Fsp3) is 0.951. The van der Waals surface area contributed by atoms with Gasteiger partial charge in [-0.15, -0.1) is 0 Å². The largest absolute Gasteiger partial charge is 0.462 e. The lowest BCUT2D eigenvalue weighted by Gasteiger charge is -2.39. The van der Waals surface area contributed by atoms with E-state index in [9.17, 15) is 30.0 Å². The zero-order valence-corrected chi connectivity index (χ0v) is 32.6. The Labute approximate surface area is 310 Å². The smallest absolute Gasteiger partial charge is 0.306 e. The van der Waals surface area contributed by atoms with E-state index in [2.05, 4.69) is 13.8 Å². The van der Waals surface area contributed by atoms with Gasteiger partial charge in [-0.05, 0) is 12.8 Å². The lowest BCUT2D eigenvalue weighted by molar-refractivity contribution is -0.305. The van der Waals surface area contributed by atoms with Crippen LogP contribution in [0.4, 0.5) is 0 Å². The molecule has 0 radical (unpaired) electrons. The summed E-state index contributed by atoms with van der Waals surface area (Å²) in [6, 6.07) is 0. The first kappa shape index (κ1) is 47.7. The van der Waals surface area contributed by atoms with Crippen molar-refractivity contribution in [1.29, 1.82) is 0 Å². The maximum absolute atomic E-state index is 12.6. The van der Waals surface area contributed by atoms with Crippen molar-refractivity contribution < 1.29 is 49.0 Å². The summed E-state index contributed by atoms with van der Waals surface area (Å²) < 4.78 is 22.0. The van der Waals surface area contributed by atoms with Crippen molar-refractivity contribution >= 4 is 11.9 Å². The molecule has 0 aliphatic carbocycles. The summed E-state index contributed by atoms with van der Waals surface area (Å²) in [6.07, 6.45) is 24.2. The summed E-state index contributed by atoms with van der Waals surface area (Å²) in [7, 11) is 0. The predicted molar refractivity (Wildman–Crippen MR) is 201 cm³/mol. The van der Waals surface area contributed by atoms with E-state index in [4.69, 9.17) is 18.9 Å². The van der Waals surface area contributed by atoms with Crippen LogP contribution in [-0.4, -0.2) is 89.0 Å². The molecule has 0 aromatic carbocycles. The molecule has 0 spiro atoms. The topological polar surface area (TPSA) is 152 Å². The first-order valence-corrected chi connectivity index (χ1v) is 21.1. The molecule has 1 fully saturated rings. The summed E-state index contributed by atoms with van der Waals surface area (Å²) in [5, 5.41) is 39.9. The molecule has 1 aliphatic heterocycles. The molecule has 1 saturated heterocycles. The first-order chi connectivity index (χ1) is 24.8. The molecular weight excluding hydrogens is 652 g/mol. The zero-order valence-electron chi connectivity index (χ0n) is 32.6. The summed E-state index contributed by atoms with van der Waals surface area (Å²) >= 11 is 0. The Kier molecular flexibility index (Phi) is 31.1. The minimum atomic E-state index is -1.59. The van der Waals surface area contributed by atoms with Crippen LogP contribution in [0.2, 0.25) is 0 Å². The van der Waals surface area contributed by atoms with Crippen molar-refractivity contribution in [3.63, 3.8) is 0 Å². The highest BCUT2D eigenvalue weighted by Crippen LogP contribution is 2.23. The van der Waals surface area contributed by atoms with E-state index in [1.165, 1.54) is 122 Å². The van der Waals surface area contributed by atoms with Crippen molar-refractivity contribution in [1.82, 2.24) is 0 Å². The van der Waals surface area contributed by atoms with E-state index in [0.29, 0.717) is 6.42 Å². The number of unbranched alkanes of at least 4 members (excludes halogenated alkanes) is 24. The third-order valence-electron chi connectivity index (χ3n) is 9.99. The Morgan fingerprint density at radius 3 is 1.33 bits per heavy atom. The molecule has 0 saturated carbocycles. The molecule has 4 N–H and O–H groups in total. The second-order valence-electron chi connectivity index (χ2n) is 14.8. The van der Waals surface area contributed by atoms with Gasteiger partial charge in [-0.1, -0.05) is 168 Å². The highest BCUT2D eigenvalue weighted by atomic mass is 16.7. The number of rotatable bonds is 35. The van der Waals surface area contributed by atoms with E-state index < -0.39 is 49.4 Å². The molecule has 0 aromatic rings. The Morgan fingerprint density at radius 2 is 0.922 bits per heavy atom. The molecular formula is C41H78O10. The minimum absolute atomic E-state index is 0.210. The Hall–Kier alpha value is -1.30. The Balaban J connectivity index is 2.27. The number of hydrogen-bond acceptors (Lipinski definition) is 10. The van der Waals surface area contributed by atoms with Gasteiger partial charge in [0.2, 0.25) is 0 Å².